The summed E-state index contributed by atoms with van der Waals surface area (Å²) in [5, 5.41) is 0.530. The quantitative estimate of drug-likeness (QED) is 0.821. The van der Waals surface area contributed by atoms with E-state index in [0.29, 0.717) is 17.3 Å². The van der Waals surface area contributed by atoms with Gasteiger partial charge in [-0.15, -0.1) is 0 Å². The lowest BCUT2D eigenvalue weighted by Crippen LogP contribution is -2.18. The molecule has 0 saturated carbocycles. The van der Waals surface area contributed by atoms with Gasteiger partial charge < -0.3 is 15.2 Å². The highest BCUT2D eigenvalue weighted by atomic mass is 35.5. The predicted octanol–water partition coefficient (Wildman–Crippen LogP) is 2.13. The zero-order valence-corrected chi connectivity index (χ0v) is 10.7. The van der Waals surface area contributed by atoms with E-state index in [1.165, 1.54) is 0 Å². The molecule has 0 atom stereocenters. The molecule has 0 unspecified atom stereocenters. The Bertz CT molecular complexity index is 393. The van der Waals surface area contributed by atoms with Crippen molar-refractivity contribution in [3.63, 3.8) is 0 Å². The number of benzene rings is 1. The van der Waals surface area contributed by atoms with Crippen molar-refractivity contribution < 1.29 is 14.3 Å². The average molecular weight is 258 g/mol. The molecule has 1 rings (SSSR count). The number of halogens is 1. The zero-order chi connectivity index (χ0) is 12.8. The SMILES string of the molecule is CC(C)OC(=O)COc1ccc(CN)c(Cl)c1. The Morgan fingerprint density at radius 3 is 2.71 bits per heavy atom. The number of rotatable bonds is 5. The third kappa shape index (κ3) is 4.63. The molecule has 5 heteroatoms. The summed E-state index contributed by atoms with van der Waals surface area (Å²) < 4.78 is 10.2. The van der Waals surface area contributed by atoms with E-state index in [-0.39, 0.29) is 12.7 Å². The fourth-order valence-electron chi connectivity index (χ4n) is 1.22. The van der Waals surface area contributed by atoms with Gasteiger partial charge in [-0.25, -0.2) is 4.79 Å². The molecule has 0 fully saturated rings. The minimum Gasteiger partial charge on any atom is -0.482 e. The first kappa shape index (κ1) is 13.8. The predicted molar refractivity (Wildman–Crippen MR) is 66.1 cm³/mol. The minimum atomic E-state index is -0.404. The number of hydrogen-bond acceptors (Lipinski definition) is 4. The Morgan fingerprint density at radius 1 is 1.47 bits per heavy atom. The van der Waals surface area contributed by atoms with Crippen molar-refractivity contribution in [2.75, 3.05) is 6.61 Å². The maximum atomic E-state index is 11.2. The molecule has 0 amide bonds. The van der Waals surface area contributed by atoms with E-state index in [1.54, 1.807) is 32.0 Å². The van der Waals surface area contributed by atoms with Crippen LogP contribution in [0.15, 0.2) is 18.2 Å². The van der Waals surface area contributed by atoms with Crippen molar-refractivity contribution in [2.45, 2.75) is 26.5 Å². The van der Waals surface area contributed by atoms with Crippen LogP contribution in [-0.2, 0) is 16.1 Å². The maximum absolute atomic E-state index is 11.2. The summed E-state index contributed by atoms with van der Waals surface area (Å²) in [6.45, 7) is 3.81. The van der Waals surface area contributed by atoms with Crippen molar-refractivity contribution in [2.24, 2.45) is 5.73 Å². The zero-order valence-electron chi connectivity index (χ0n) is 9.90. The highest BCUT2D eigenvalue weighted by Gasteiger charge is 2.07. The van der Waals surface area contributed by atoms with E-state index in [9.17, 15) is 4.79 Å². The average Bonchev–Trinajstić information content (AvgIpc) is 2.25. The van der Waals surface area contributed by atoms with Crippen LogP contribution in [-0.4, -0.2) is 18.7 Å². The third-order valence-corrected chi connectivity index (χ3v) is 2.32. The molecule has 0 aliphatic rings. The fourth-order valence-corrected chi connectivity index (χ4v) is 1.47. The fraction of sp³-hybridized carbons (Fsp3) is 0.417. The Hall–Kier alpha value is -1.26. The molecule has 0 spiro atoms. The molecule has 0 aliphatic carbocycles. The van der Waals surface area contributed by atoms with Gasteiger partial charge in [-0.05, 0) is 31.5 Å². The normalized spacial score (nSPS) is 10.4. The lowest BCUT2D eigenvalue weighted by Gasteiger charge is -2.10. The van der Waals surface area contributed by atoms with E-state index in [2.05, 4.69) is 0 Å². The van der Waals surface area contributed by atoms with Gasteiger partial charge in [0.25, 0.3) is 0 Å². The van der Waals surface area contributed by atoms with E-state index in [4.69, 9.17) is 26.8 Å². The summed E-state index contributed by atoms with van der Waals surface area (Å²) in [4.78, 5) is 11.2. The summed E-state index contributed by atoms with van der Waals surface area (Å²) >= 11 is 5.95. The van der Waals surface area contributed by atoms with Gasteiger partial charge >= 0.3 is 5.97 Å². The molecule has 4 nitrogen and oxygen atoms in total. The topological polar surface area (TPSA) is 61.5 Å². The lowest BCUT2D eigenvalue weighted by atomic mass is 10.2. The van der Waals surface area contributed by atoms with Gasteiger partial charge in [0, 0.05) is 11.6 Å². The van der Waals surface area contributed by atoms with E-state index in [0.717, 1.165) is 5.56 Å². The molecule has 1 aromatic carbocycles. The second-order valence-electron chi connectivity index (χ2n) is 3.78. The van der Waals surface area contributed by atoms with Crippen LogP contribution < -0.4 is 10.5 Å². The molecule has 0 aliphatic heterocycles. The summed E-state index contributed by atoms with van der Waals surface area (Å²) in [5.74, 6) is 0.118. The van der Waals surface area contributed by atoms with E-state index < -0.39 is 5.97 Å². The van der Waals surface area contributed by atoms with Crippen molar-refractivity contribution >= 4 is 17.6 Å². The van der Waals surface area contributed by atoms with Gasteiger partial charge in [0.15, 0.2) is 6.61 Å². The van der Waals surface area contributed by atoms with Crippen molar-refractivity contribution in [1.82, 2.24) is 0 Å². The van der Waals surface area contributed by atoms with Crippen LogP contribution >= 0.6 is 11.6 Å². The molecule has 0 radical (unpaired) electrons. The van der Waals surface area contributed by atoms with Crippen LogP contribution in [0.5, 0.6) is 5.75 Å². The molecule has 0 saturated heterocycles. The second kappa shape index (κ2) is 6.47. The Morgan fingerprint density at radius 2 is 2.18 bits per heavy atom. The third-order valence-electron chi connectivity index (χ3n) is 1.97. The Balaban J connectivity index is 2.52. The first-order valence-corrected chi connectivity index (χ1v) is 5.71. The maximum Gasteiger partial charge on any atom is 0.344 e. The van der Waals surface area contributed by atoms with Crippen molar-refractivity contribution in [3.8, 4) is 5.75 Å². The summed E-state index contributed by atoms with van der Waals surface area (Å²) in [6.07, 6.45) is -0.144. The Kier molecular flexibility index (Phi) is 5.25. The van der Waals surface area contributed by atoms with Crippen LogP contribution in [0.4, 0.5) is 0 Å². The summed E-state index contributed by atoms with van der Waals surface area (Å²) in [5.41, 5.74) is 6.32. The number of carbonyl (C=O) groups is 1. The first-order valence-electron chi connectivity index (χ1n) is 5.33. The number of carbonyl (C=O) groups excluding carboxylic acids is 1. The van der Waals surface area contributed by atoms with E-state index >= 15 is 0 Å². The molecule has 94 valence electrons. The highest BCUT2D eigenvalue weighted by molar-refractivity contribution is 6.31. The van der Waals surface area contributed by atoms with Crippen molar-refractivity contribution in [3.05, 3.63) is 28.8 Å². The molecule has 17 heavy (non-hydrogen) atoms. The van der Waals surface area contributed by atoms with Gasteiger partial charge in [-0.3, -0.25) is 0 Å². The summed E-state index contributed by atoms with van der Waals surface area (Å²) in [6, 6.07) is 5.12. The van der Waals surface area contributed by atoms with Gasteiger partial charge in [-0.2, -0.15) is 0 Å². The smallest absolute Gasteiger partial charge is 0.344 e. The molecule has 0 bridgehead atoms. The molecular formula is C12H16ClNO3. The lowest BCUT2D eigenvalue weighted by molar-refractivity contribution is -0.149. The Labute approximate surface area is 106 Å². The first-order chi connectivity index (χ1) is 8.02. The molecule has 0 aromatic heterocycles. The highest BCUT2D eigenvalue weighted by Crippen LogP contribution is 2.22. The van der Waals surface area contributed by atoms with Crippen LogP contribution in [0.3, 0.4) is 0 Å². The van der Waals surface area contributed by atoms with Gasteiger partial charge in [0.05, 0.1) is 6.10 Å². The standard InChI is InChI=1S/C12H16ClNO3/c1-8(2)17-12(15)7-16-10-4-3-9(6-14)11(13)5-10/h3-5,8H,6-7,14H2,1-2H3. The van der Waals surface area contributed by atoms with Gasteiger partial charge in [0.1, 0.15) is 5.75 Å². The van der Waals surface area contributed by atoms with Crippen molar-refractivity contribution in [1.29, 1.82) is 0 Å². The molecule has 2 N–H and O–H groups in total. The minimum absolute atomic E-state index is 0.128. The van der Waals surface area contributed by atoms with Gasteiger partial charge in [0.2, 0.25) is 0 Å². The number of ether oxygens (including phenoxy) is 2. The number of nitrogens with two attached hydrogens (primary N) is 1. The number of hydrogen-bond donors (Lipinski definition) is 1. The second-order valence-corrected chi connectivity index (χ2v) is 4.19. The monoisotopic (exact) mass is 257 g/mol. The number of esters is 1. The van der Waals surface area contributed by atoms with Crippen LogP contribution in [0.1, 0.15) is 19.4 Å². The summed E-state index contributed by atoms with van der Waals surface area (Å²) in [7, 11) is 0. The van der Waals surface area contributed by atoms with Crippen LogP contribution in [0.25, 0.3) is 0 Å². The van der Waals surface area contributed by atoms with E-state index in [1.807, 2.05) is 0 Å². The van der Waals surface area contributed by atoms with Gasteiger partial charge in [-0.1, -0.05) is 17.7 Å². The molecule has 1 aromatic rings. The van der Waals surface area contributed by atoms with Crippen LogP contribution in [0, 0.1) is 0 Å². The molecule has 0 heterocycles. The molecular weight excluding hydrogens is 242 g/mol. The van der Waals surface area contributed by atoms with Crippen LogP contribution in [0.2, 0.25) is 5.02 Å². The largest absolute Gasteiger partial charge is 0.482 e.